The van der Waals surface area contributed by atoms with Crippen molar-refractivity contribution in [1.29, 1.82) is 0 Å². The van der Waals surface area contributed by atoms with Gasteiger partial charge in [-0.15, -0.1) is 0 Å². The molecule has 1 aliphatic heterocycles. The number of anilines is 1. The molecule has 1 aliphatic rings. The number of unbranched alkanes of at least 4 members (excludes halogenated alkanes) is 6. The Labute approximate surface area is 177 Å². The van der Waals surface area contributed by atoms with Gasteiger partial charge in [0.25, 0.3) is 0 Å². The van der Waals surface area contributed by atoms with Gasteiger partial charge in [-0.1, -0.05) is 58.3 Å². The Hall–Kier alpha value is -1.75. The second-order valence-corrected chi connectivity index (χ2v) is 8.01. The lowest BCUT2D eigenvalue weighted by Crippen LogP contribution is -2.30. The van der Waals surface area contributed by atoms with Gasteiger partial charge in [0.05, 0.1) is 6.61 Å². The van der Waals surface area contributed by atoms with Crippen LogP contribution in [0.2, 0.25) is 0 Å². The van der Waals surface area contributed by atoms with Gasteiger partial charge < -0.3 is 9.47 Å². The van der Waals surface area contributed by atoms with Gasteiger partial charge in [0.15, 0.2) is 0 Å². The molecule has 0 bridgehead atoms. The number of nitrogens with one attached hydrogen (secondary N) is 1. The fraction of sp³-hybridized carbons (Fsp3) is 0.708. The number of nitrogens with zero attached hydrogens (tertiary/aromatic N) is 1. The van der Waals surface area contributed by atoms with Crippen LogP contribution in [-0.2, 0) is 4.74 Å². The van der Waals surface area contributed by atoms with Crippen molar-refractivity contribution in [2.24, 2.45) is 0 Å². The number of benzene rings is 1. The van der Waals surface area contributed by atoms with Gasteiger partial charge in [0.1, 0.15) is 12.4 Å². The first-order chi connectivity index (χ1) is 14.3. The normalized spacial score (nSPS) is 14.9. The Kier molecular flexibility index (Phi) is 12.3. The van der Waals surface area contributed by atoms with Crippen molar-refractivity contribution < 1.29 is 14.3 Å². The third kappa shape index (κ3) is 11.1. The fourth-order valence-corrected chi connectivity index (χ4v) is 3.66. The average molecular weight is 405 g/mol. The molecule has 5 heteroatoms. The van der Waals surface area contributed by atoms with Gasteiger partial charge in [-0.05, 0) is 56.6 Å². The lowest BCUT2D eigenvalue weighted by molar-refractivity contribution is 0.140. The molecule has 1 amide bonds. The molecule has 0 saturated carbocycles. The Morgan fingerprint density at radius 1 is 0.897 bits per heavy atom. The predicted octanol–water partition coefficient (Wildman–Crippen LogP) is 6.24. The van der Waals surface area contributed by atoms with Crippen molar-refractivity contribution in [2.45, 2.75) is 77.6 Å². The van der Waals surface area contributed by atoms with Crippen molar-refractivity contribution in [2.75, 3.05) is 38.2 Å². The summed E-state index contributed by atoms with van der Waals surface area (Å²) in [6.07, 6.45) is 13.7. The molecule has 0 aromatic heterocycles. The van der Waals surface area contributed by atoms with Crippen molar-refractivity contribution in [1.82, 2.24) is 4.90 Å². The number of hydrogen-bond donors (Lipinski definition) is 1. The molecule has 1 heterocycles. The quantitative estimate of drug-likeness (QED) is 0.395. The van der Waals surface area contributed by atoms with Gasteiger partial charge in [-0.2, -0.15) is 0 Å². The summed E-state index contributed by atoms with van der Waals surface area (Å²) in [5.41, 5.74) is 0.730. The molecule has 1 saturated heterocycles. The van der Waals surface area contributed by atoms with Crippen LogP contribution in [0, 0.1) is 0 Å². The standard InChI is InChI=1S/C24H40N2O3/c1-2-3-4-5-6-9-12-20-28-23-15-13-22(14-16-23)25-24(27)29-21-19-26-17-10-7-8-11-18-26/h13-16H,2-12,17-21H2,1H3,(H,25,27). The molecule has 1 fully saturated rings. The lowest BCUT2D eigenvalue weighted by atomic mass is 10.1. The van der Waals surface area contributed by atoms with Crippen LogP contribution in [0.1, 0.15) is 77.6 Å². The van der Waals surface area contributed by atoms with E-state index in [0.717, 1.165) is 44.1 Å². The maximum atomic E-state index is 12.0. The number of ether oxygens (including phenoxy) is 2. The number of amides is 1. The van der Waals surface area contributed by atoms with Crippen molar-refractivity contribution in [3.8, 4) is 5.75 Å². The summed E-state index contributed by atoms with van der Waals surface area (Å²) in [6, 6.07) is 7.51. The lowest BCUT2D eigenvalue weighted by Gasteiger charge is -2.19. The third-order valence-electron chi connectivity index (χ3n) is 5.46. The zero-order valence-electron chi connectivity index (χ0n) is 18.3. The summed E-state index contributed by atoms with van der Waals surface area (Å²) in [6.45, 7) is 6.48. The molecule has 5 nitrogen and oxygen atoms in total. The van der Waals surface area contributed by atoms with E-state index < -0.39 is 6.09 Å². The second kappa shape index (κ2) is 15.1. The number of rotatable bonds is 13. The SMILES string of the molecule is CCCCCCCCCOc1ccc(NC(=O)OCCN2CCCCCC2)cc1. The number of carbonyl (C=O) groups is 1. The second-order valence-electron chi connectivity index (χ2n) is 8.01. The fourth-order valence-electron chi connectivity index (χ4n) is 3.66. The first-order valence-electron chi connectivity index (χ1n) is 11.7. The van der Waals surface area contributed by atoms with Crippen LogP contribution in [0.3, 0.4) is 0 Å². The molecule has 0 aliphatic carbocycles. The minimum absolute atomic E-state index is 0.392. The molecular weight excluding hydrogens is 364 g/mol. The Morgan fingerprint density at radius 2 is 1.55 bits per heavy atom. The molecule has 1 N–H and O–H groups in total. The minimum atomic E-state index is -0.392. The summed E-state index contributed by atoms with van der Waals surface area (Å²) in [5.74, 6) is 0.844. The predicted molar refractivity (Wildman–Crippen MR) is 120 cm³/mol. The number of hydrogen-bond acceptors (Lipinski definition) is 4. The van der Waals surface area contributed by atoms with Crippen LogP contribution in [-0.4, -0.2) is 43.8 Å². The highest BCUT2D eigenvalue weighted by molar-refractivity contribution is 5.84. The van der Waals surface area contributed by atoms with Gasteiger partial charge in [0, 0.05) is 12.2 Å². The van der Waals surface area contributed by atoms with Crippen molar-refractivity contribution in [3.05, 3.63) is 24.3 Å². The first kappa shape index (κ1) is 23.5. The van der Waals surface area contributed by atoms with E-state index in [9.17, 15) is 4.79 Å². The number of likely N-dealkylation sites (tertiary alicyclic amines) is 1. The maximum Gasteiger partial charge on any atom is 0.411 e. The minimum Gasteiger partial charge on any atom is -0.494 e. The van der Waals surface area contributed by atoms with E-state index in [1.807, 2.05) is 24.3 Å². The molecular formula is C24H40N2O3. The van der Waals surface area contributed by atoms with Crippen LogP contribution in [0.25, 0.3) is 0 Å². The molecule has 0 spiro atoms. The number of carbonyl (C=O) groups excluding carboxylic acids is 1. The summed E-state index contributed by atoms with van der Waals surface area (Å²) in [7, 11) is 0. The van der Waals surface area contributed by atoms with Gasteiger partial charge in [0.2, 0.25) is 0 Å². The van der Waals surface area contributed by atoms with E-state index in [-0.39, 0.29) is 0 Å². The molecule has 0 atom stereocenters. The topological polar surface area (TPSA) is 50.8 Å². The molecule has 164 valence electrons. The zero-order valence-corrected chi connectivity index (χ0v) is 18.3. The highest BCUT2D eigenvalue weighted by Gasteiger charge is 2.10. The average Bonchev–Trinajstić information content (AvgIpc) is 3.00. The molecule has 1 aromatic rings. The van der Waals surface area contributed by atoms with E-state index in [4.69, 9.17) is 9.47 Å². The first-order valence-corrected chi connectivity index (χ1v) is 11.7. The van der Waals surface area contributed by atoms with E-state index >= 15 is 0 Å². The highest BCUT2D eigenvalue weighted by Crippen LogP contribution is 2.17. The molecule has 29 heavy (non-hydrogen) atoms. The van der Waals surface area contributed by atoms with Gasteiger partial charge in [-0.25, -0.2) is 4.79 Å². The monoisotopic (exact) mass is 404 g/mol. The third-order valence-corrected chi connectivity index (χ3v) is 5.46. The van der Waals surface area contributed by atoms with Crippen molar-refractivity contribution in [3.63, 3.8) is 0 Å². The van der Waals surface area contributed by atoms with Crippen molar-refractivity contribution >= 4 is 11.8 Å². The van der Waals surface area contributed by atoms with Crippen LogP contribution < -0.4 is 10.1 Å². The Morgan fingerprint density at radius 3 is 2.24 bits per heavy atom. The van der Waals surface area contributed by atoms with E-state index in [2.05, 4.69) is 17.1 Å². The van der Waals surface area contributed by atoms with E-state index in [0.29, 0.717) is 6.61 Å². The van der Waals surface area contributed by atoms with Crippen LogP contribution >= 0.6 is 0 Å². The Bertz CT molecular complexity index is 540. The smallest absolute Gasteiger partial charge is 0.411 e. The molecule has 0 radical (unpaired) electrons. The maximum absolute atomic E-state index is 12.0. The highest BCUT2D eigenvalue weighted by atomic mass is 16.5. The van der Waals surface area contributed by atoms with E-state index in [1.165, 1.54) is 64.2 Å². The van der Waals surface area contributed by atoms with Crippen LogP contribution in [0.4, 0.5) is 10.5 Å². The van der Waals surface area contributed by atoms with Crippen LogP contribution in [0.5, 0.6) is 5.75 Å². The zero-order chi connectivity index (χ0) is 20.6. The van der Waals surface area contributed by atoms with Gasteiger partial charge in [-0.3, -0.25) is 10.2 Å². The van der Waals surface area contributed by atoms with Crippen LogP contribution in [0.15, 0.2) is 24.3 Å². The summed E-state index contributed by atoms with van der Waals surface area (Å²) in [5, 5.41) is 2.78. The Balaban J connectivity index is 1.53. The van der Waals surface area contributed by atoms with E-state index in [1.54, 1.807) is 0 Å². The van der Waals surface area contributed by atoms with Gasteiger partial charge >= 0.3 is 6.09 Å². The molecule has 2 rings (SSSR count). The molecule has 1 aromatic carbocycles. The summed E-state index contributed by atoms with van der Waals surface area (Å²) in [4.78, 5) is 14.3. The molecule has 0 unspecified atom stereocenters. The largest absolute Gasteiger partial charge is 0.494 e. The summed E-state index contributed by atoms with van der Waals surface area (Å²) < 4.78 is 11.1. The summed E-state index contributed by atoms with van der Waals surface area (Å²) >= 11 is 0.